The van der Waals surface area contributed by atoms with Gasteiger partial charge in [-0.15, -0.1) is 0 Å². The third-order valence-corrected chi connectivity index (χ3v) is 3.32. The summed E-state index contributed by atoms with van der Waals surface area (Å²) in [6.45, 7) is 2.29. The number of hydrogen-bond acceptors (Lipinski definition) is 5. The predicted molar refractivity (Wildman–Crippen MR) is 65.6 cm³/mol. The Hall–Kier alpha value is -1.43. The maximum atomic E-state index is 11.9. The Balaban J connectivity index is 1.70. The van der Waals surface area contributed by atoms with Crippen molar-refractivity contribution in [3.8, 4) is 0 Å². The Morgan fingerprint density at radius 3 is 2.94 bits per heavy atom. The van der Waals surface area contributed by atoms with E-state index in [2.05, 4.69) is 25.3 Å². The SMILES string of the molecule is CC(NCc1ncon1)C(=O)NC1CCCCC1. The van der Waals surface area contributed by atoms with E-state index < -0.39 is 0 Å². The van der Waals surface area contributed by atoms with E-state index in [-0.39, 0.29) is 11.9 Å². The van der Waals surface area contributed by atoms with Crippen LogP contribution in [0.25, 0.3) is 0 Å². The summed E-state index contributed by atoms with van der Waals surface area (Å²) in [6, 6.07) is 0.103. The standard InChI is InChI=1S/C12H20N4O2/c1-9(13-7-11-14-8-18-16-11)12(17)15-10-5-3-2-4-6-10/h8-10,13H,2-7H2,1H3,(H,15,17). The molecule has 1 aliphatic carbocycles. The summed E-state index contributed by atoms with van der Waals surface area (Å²) in [5, 5.41) is 9.84. The first-order chi connectivity index (χ1) is 8.75. The van der Waals surface area contributed by atoms with Gasteiger partial charge in [-0.3, -0.25) is 10.1 Å². The molecule has 2 rings (SSSR count). The highest BCUT2D eigenvalue weighted by Gasteiger charge is 2.19. The van der Waals surface area contributed by atoms with Crippen LogP contribution < -0.4 is 10.6 Å². The zero-order chi connectivity index (χ0) is 12.8. The van der Waals surface area contributed by atoms with Crippen molar-refractivity contribution in [1.29, 1.82) is 0 Å². The molecule has 100 valence electrons. The smallest absolute Gasteiger partial charge is 0.237 e. The van der Waals surface area contributed by atoms with Crippen molar-refractivity contribution in [3.05, 3.63) is 12.2 Å². The largest absolute Gasteiger partial charge is 0.352 e. The summed E-state index contributed by atoms with van der Waals surface area (Å²) in [4.78, 5) is 15.8. The Morgan fingerprint density at radius 1 is 1.50 bits per heavy atom. The molecule has 0 aromatic carbocycles. The van der Waals surface area contributed by atoms with Gasteiger partial charge in [-0.2, -0.15) is 4.98 Å². The lowest BCUT2D eigenvalue weighted by Crippen LogP contribution is -2.46. The first-order valence-corrected chi connectivity index (χ1v) is 6.54. The Bertz CT molecular complexity index is 360. The monoisotopic (exact) mass is 252 g/mol. The molecule has 0 aliphatic heterocycles. The van der Waals surface area contributed by atoms with Crippen LogP contribution in [0, 0.1) is 0 Å². The molecule has 6 heteroatoms. The zero-order valence-corrected chi connectivity index (χ0v) is 10.7. The molecule has 1 aliphatic rings. The summed E-state index contributed by atoms with van der Waals surface area (Å²) in [5.41, 5.74) is 0. The van der Waals surface area contributed by atoms with E-state index in [4.69, 9.17) is 0 Å². The summed E-state index contributed by atoms with van der Waals surface area (Å²) < 4.78 is 4.63. The van der Waals surface area contributed by atoms with Gasteiger partial charge in [0.15, 0.2) is 5.82 Å². The number of rotatable bonds is 5. The van der Waals surface area contributed by atoms with Gasteiger partial charge in [-0.25, -0.2) is 0 Å². The quantitative estimate of drug-likeness (QED) is 0.817. The minimum Gasteiger partial charge on any atom is -0.352 e. The van der Waals surface area contributed by atoms with Crippen LogP contribution in [0.15, 0.2) is 10.9 Å². The number of amides is 1. The van der Waals surface area contributed by atoms with Crippen molar-refractivity contribution in [1.82, 2.24) is 20.8 Å². The summed E-state index contributed by atoms with van der Waals surface area (Å²) >= 11 is 0. The minimum absolute atomic E-state index is 0.0467. The van der Waals surface area contributed by atoms with E-state index in [0.717, 1.165) is 12.8 Å². The maximum Gasteiger partial charge on any atom is 0.237 e. The van der Waals surface area contributed by atoms with Crippen molar-refractivity contribution < 1.29 is 9.32 Å². The average Bonchev–Trinajstić information content (AvgIpc) is 2.90. The summed E-state index contributed by atoms with van der Waals surface area (Å²) in [6.07, 6.45) is 7.21. The van der Waals surface area contributed by atoms with Crippen molar-refractivity contribution in [2.24, 2.45) is 0 Å². The molecule has 1 saturated carbocycles. The molecule has 1 unspecified atom stereocenters. The fraction of sp³-hybridized carbons (Fsp3) is 0.750. The Morgan fingerprint density at radius 2 is 2.28 bits per heavy atom. The van der Waals surface area contributed by atoms with Gasteiger partial charge in [-0.1, -0.05) is 24.4 Å². The zero-order valence-electron chi connectivity index (χ0n) is 10.7. The van der Waals surface area contributed by atoms with E-state index in [1.54, 1.807) is 0 Å². The van der Waals surface area contributed by atoms with Crippen LogP contribution in [0.1, 0.15) is 44.9 Å². The third kappa shape index (κ3) is 3.80. The second kappa shape index (κ2) is 6.49. The number of aromatic nitrogens is 2. The molecule has 1 aromatic rings. The van der Waals surface area contributed by atoms with Crippen LogP contribution >= 0.6 is 0 Å². The lowest BCUT2D eigenvalue weighted by atomic mass is 9.95. The lowest BCUT2D eigenvalue weighted by Gasteiger charge is -2.24. The summed E-state index contributed by atoms with van der Waals surface area (Å²) in [5.74, 6) is 0.609. The summed E-state index contributed by atoms with van der Waals surface area (Å²) in [7, 11) is 0. The molecular weight excluding hydrogens is 232 g/mol. The van der Waals surface area contributed by atoms with Gasteiger partial charge in [0.1, 0.15) is 0 Å². The molecule has 0 radical (unpaired) electrons. The average molecular weight is 252 g/mol. The van der Waals surface area contributed by atoms with Gasteiger partial charge in [0.05, 0.1) is 12.6 Å². The molecule has 0 spiro atoms. The van der Waals surface area contributed by atoms with Crippen LogP contribution in [0.5, 0.6) is 0 Å². The number of nitrogens with zero attached hydrogens (tertiary/aromatic N) is 2. The van der Waals surface area contributed by atoms with Gasteiger partial charge < -0.3 is 9.84 Å². The first kappa shape index (κ1) is 13.0. The van der Waals surface area contributed by atoms with Gasteiger partial charge >= 0.3 is 0 Å². The molecule has 2 N–H and O–H groups in total. The highest BCUT2D eigenvalue weighted by Crippen LogP contribution is 2.17. The van der Waals surface area contributed by atoms with E-state index in [1.807, 2.05) is 6.92 Å². The fourth-order valence-corrected chi connectivity index (χ4v) is 2.18. The predicted octanol–water partition coefficient (Wildman–Crippen LogP) is 0.997. The fourth-order valence-electron chi connectivity index (χ4n) is 2.18. The number of carbonyl (C=O) groups excluding carboxylic acids is 1. The molecule has 1 fully saturated rings. The van der Waals surface area contributed by atoms with Crippen LogP contribution in [0.4, 0.5) is 0 Å². The molecule has 1 aromatic heterocycles. The van der Waals surface area contributed by atoms with E-state index in [1.165, 1.54) is 25.7 Å². The first-order valence-electron chi connectivity index (χ1n) is 6.54. The highest BCUT2D eigenvalue weighted by atomic mass is 16.5. The van der Waals surface area contributed by atoms with Crippen molar-refractivity contribution >= 4 is 5.91 Å². The molecule has 0 saturated heterocycles. The van der Waals surface area contributed by atoms with Gasteiger partial charge in [0.2, 0.25) is 12.3 Å². The molecule has 0 bridgehead atoms. The Kier molecular flexibility index (Phi) is 4.69. The molecule has 6 nitrogen and oxygen atoms in total. The molecule has 18 heavy (non-hydrogen) atoms. The van der Waals surface area contributed by atoms with Crippen molar-refractivity contribution in [2.45, 2.75) is 57.7 Å². The van der Waals surface area contributed by atoms with Crippen LogP contribution in [-0.2, 0) is 11.3 Å². The number of hydrogen-bond donors (Lipinski definition) is 2. The molecule has 1 heterocycles. The van der Waals surface area contributed by atoms with Crippen LogP contribution in [0.2, 0.25) is 0 Å². The molecule has 1 amide bonds. The topological polar surface area (TPSA) is 80.1 Å². The van der Waals surface area contributed by atoms with Crippen LogP contribution in [0.3, 0.4) is 0 Å². The second-order valence-electron chi connectivity index (χ2n) is 4.79. The lowest BCUT2D eigenvalue weighted by molar-refractivity contribution is -0.123. The van der Waals surface area contributed by atoms with E-state index in [9.17, 15) is 4.79 Å². The molecular formula is C12H20N4O2. The van der Waals surface area contributed by atoms with Gasteiger partial charge in [0, 0.05) is 6.04 Å². The number of nitrogens with one attached hydrogen (secondary N) is 2. The molecule has 1 atom stereocenters. The van der Waals surface area contributed by atoms with Gasteiger partial charge in [0.25, 0.3) is 0 Å². The van der Waals surface area contributed by atoms with Crippen molar-refractivity contribution in [3.63, 3.8) is 0 Å². The van der Waals surface area contributed by atoms with E-state index >= 15 is 0 Å². The normalized spacial score (nSPS) is 18.5. The maximum absolute atomic E-state index is 11.9. The van der Waals surface area contributed by atoms with Crippen LogP contribution in [-0.4, -0.2) is 28.1 Å². The van der Waals surface area contributed by atoms with Gasteiger partial charge in [-0.05, 0) is 19.8 Å². The number of carbonyl (C=O) groups is 1. The third-order valence-electron chi connectivity index (χ3n) is 3.32. The highest BCUT2D eigenvalue weighted by molar-refractivity contribution is 5.81. The van der Waals surface area contributed by atoms with Crippen molar-refractivity contribution in [2.75, 3.05) is 0 Å². The minimum atomic E-state index is -0.245. The second-order valence-corrected chi connectivity index (χ2v) is 4.79. The van der Waals surface area contributed by atoms with E-state index in [0.29, 0.717) is 18.4 Å². The Labute approximate surface area is 107 Å².